The first-order chi connectivity index (χ1) is 19.8. The van der Waals surface area contributed by atoms with E-state index in [1.807, 2.05) is 22.6 Å². The van der Waals surface area contributed by atoms with Gasteiger partial charge in [0.1, 0.15) is 0 Å². The Balaban J connectivity index is 1.51. The van der Waals surface area contributed by atoms with Crippen molar-refractivity contribution in [3.8, 4) is 22.3 Å². The third-order valence-corrected chi connectivity index (χ3v) is 8.15. The summed E-state index contributed by atoms with van der Waals surface area (Å²) in [5.74, 6) is 0. The van der Waals surface area contributed by atoms with Crippen LogP contribution in [0.4, 0.5) is 0 Å². The van der Waals surface area contributed by atoms with Crippen LogP contribution < -0.4 is 5.56 Å². The first-order valence-electron chi connectivity index (χ1n) is 13.7. The van der Waals surface area contributed by atoms with Gasteiger partial charge < -0.3 is 0 Å². The first kappa shape index (κ1) is 22.7. The van der Waals surface area contributed by atoms with E-state index in [9.17, 15) is 4.79 Å². The zero-order valence-corrected chi connectivity index (χ0v) is 21.8. The van der Waals surface area contributed by atoms with Crippen LogP contribution in [0.3, 0.4) is 0 Å². The van der Waals surface area contributed by atoms with Crippen LogP contribution in [0.25, 0.3) is 65.8 Å². The number of benzene rings is 5. The van der Waals surface area contributed by atoms with Crippen LogP contribution in [0.1, 0.15) is 12.0 Å². The third kappa shape index (κ3) is 3.47. The molecule has 0 spiro atoms. The largest absolute Gasteiger partial charge is 0.275 e. The van der Waals surface area contributed by atoms with Gasteiger partial charge in [0, 0.05) is 21.5 Å². The van der Waals surface area contributed by atoms with E-state index in [1.54, 1.807) is 0 Å². The Morgan fingerprint density at radius 2 is 1.18 bits per heavy atom. The molecular weight excluding hydrogens is 486 g/mol. The van der Waals surface area contributed by atoms with Crippen molar-refractivity contribution in [3.05, 3.63) is 155 Å². The summed E-state index contributed by atoms with van der Waals surface area (Å²) in [7, 11) is 0. The van der Waals surface area contributed by atoms with Crippen LogP contribution in [-0.4, -0.2) is 4.40 Å². The molecular formula is C38H25NO. The molecule has 0 saturated heterocycles. The maximum atomic E-state index is 14.1. The Labute approximate surface area is 231 Å². The number of fused-ring (bicyclic) bond motifs is 5. The highest BCUT2D eigenvalue weighted by molar-refractivity contribution is 6.22. The molecule has 0 bridgehead atoms. The number of hydrogen-bond acceptors (Lipinski definition) is 1. The lowest BCUT2D eigenvalue weighted by Crippen LogP contribution is -2.13. The lowest BCUT2D eigenvalue weighted by Gasteiger charge is -2.11. The van der Waals surface area contributed by atoms with Gasteiger partial charge in [0.25, 0.3) is 5.56 Å². The van der Waals surface area contributed by atoms with Crippen LogP contribution in [0.5, 0.6) is 0 Å². The third-order valence-electron chi connectivity index (χ3n) is 8.15. The predicted molar refractivity (Wildman–Crippen MR) is 169 cm³/mol. The molecule has 0 fully saturated rings. The Morgan fingerprint density at radius 1 is 0.525 bits per heavy atom. The average molecular weight is 512 g/mol. The molecule has 2 aromatic heterocycles. The number of nitrogens with zero attached hydrogens (tertiary/aromatic N) is 1. The molecule has 0 unspecified atom stereocenters. The van der Waals surface area contributed by atoms with Crippen molar-refractivity contribution >= 4 is 43.5 Å². The second-order valence-corrected chi connectivity index (χ2v) is 10.5. The molecule has 0 N–H and O–H groups in total. The van der Waals surface area contributed by atoms with E-state index in [4.69, 9.17) is 0 Å². The summed E-state index contributed by atoms with van der Waals surface area (Å²) < 4.78 is 1.93. The zero-order valence-electron chi connectivity index (χ0n) is 21.8. The number of allylic oxidation sites excluding steroid dienone is 6. The molecule has 40 heavy (non-hydrogen) atoms. The van der Waals surface area contributed by atoms with Crippen molar-refractivity contribution in [2.24, 2.45) is 0 Å². The van der Waals surface area contributed by atoms with Crippen molar-refractivity contribution in [2.45, 2.75) is 6.42 Å². The van der Waals surface area contributed by atoms with Gasteiger partial charge in [0.05, 0.1) is 11.0 Å². The lowest BCUT2D eigenvalue weighted by molar-refractivity contribution is 1.21. The van der Waals surface area contributed by atoms with Crippen LogP contribution in [0.15, 0.2) is 144 Å². The van der Waals surface area contributed by atoms with Crippen LogP contribution in [0.2, 0.25) is 0 Å². The molecule has 2 heteroatoms. The minimum absolute atomic E-state index is 0.0279. The minimum atomic E-state index is 0.0279. The van der Waals surface area contributed by atoms with E-state index in [2.05, 4.69) is 121 Å². The summed E-state index contributed by atoms with van der Waals surface area (Å²) >= 11 is 0. The second-order valence-electron chi connectivity index (χ2n) is 10.5. The van der Waals surface area contributed by atoms with E-state index in [0.717, 1.165) is 72.2 Å². The summed E-state index contributed by atoms with van der Waals surface area (Å²) in [4.78, 5) is 14.1. The highest BCUT2D eigenvalue weighted by atomic mass is 16.1. The Bertz CT molecular complexity index is 2230. The molecule has 0 saturated carbocycles. The number of hydrogen-bond donors (Lipinski definition) is 0. The normalized spacial score (nSPS) is 13.4. The quantitative estimate of drug-likeness (QED) is 0.217. The van der Waals surface area contributed by atoms with Gasteiger partial charge in [-0.05, 0) is 81.6 Å². The summed E-state index contributed by atoms with van der Waals surface area (Å²) in [5.41, 5.74) is 8.89. The van der Waals surface area contributed by atoms with Gasteiger partial charge in [0.15, 0.2) is 0 Å². The van der Waals surface area contributed by atoms with Crippen molar-refractivity contribution in [3.63, 3.8) is 0 Å². The van der Waals surface area contributed by atoms with Crippen molar-refractivity contribution < 1.29 is 0 Å². The molecule has 0 radical (unpaired) electrons. The van der Waals surface area contributed by atoms with Gasteiger partial charge in [-0.3, -0.25) is 9.20 Å². The molecule has 8 rings (SSSR count). The molecule has 0 atom stereocenters. The van der Waals surface area contributed by atoms with Crippen molar-refractivity contribution in [1.29, 1.82) is 0 Å². The standard InChI is InChI=1S/C38H25NO/c40-38-31-19-17-28(25-13-7-3-8-14-25)21-32(31)34-23-30(27-15-9-4-10-16-27)24-35-33-22-29(26-11-5-1-2-6-12-26)18-20-36(33)39(38)37(34)35/h1-5,7-24H,6H2. The molecule has 1 aliphatic carbocycles. The molecule has 2 heterocycles. The summed E-state index contributed by atoms with van der Waals surface area (Å²) in [6, 6.07) is 38.2. The zero-order chi connectivity index (χ0) is 26.6. The fraction of sp³-hybridized carbons (Fsp3) is 0.0263. The minimum Gasteiger partial charge on any atom is -0.275 e. The monoisotopic (exact) mass is 511 g/mol. The van der Waals surface area contributed by atoms with Crippen molar-refractivity contribution in [2.75, 3.05) is 0 Å². The maximum absolute atomic E-state index is 14.1. The second kappa shape index (κ2) is 8.93. The Hall–Kier alpha value is -5.21. The first-order valence-corrected chi connectivity index (χ1v) is 13.7. The number of rotatable bonds is 3. The van der Waals surface area contributed by atoms with Crippen LogP contribution in [0, 0.1) is 0 Å². The van der Waals surface area contributed by atoms with Gasteiger partial charge in [-0.15, -0.1) is 0 Å². The van der Waals surface area contributed by atoms with Crippen molar-refractivity contribution in [1.82, 2.24) is 4.40 Å². The maximum Gasteiger partial charge on any atom is 0.263 e. The van der Waals surface area contributed by atoms with Gasteiger partial charge >= 0.3 is 0 Å². The molecule has 1 aliphatic rings. The molecule has 188 valence electrons. The Morgan fingerprint density at radius 3 is 1.95 bits per heavy atom. The molecule has 5 aromatic carbocycles. The highest BCUT2D eigenvalue weighted by Crippen LogP contribution is 2.39. The molecule has 7 aromatic rings. The number of pyridine rings is 1. The number of aromatic nitrogens is 1. The van der Waals surface area contributed by atoms with E-state index in [-0.39, 0.29) is 5.56 Å². The molecule has 2 nitrogen and oxygen atoms in total. The summed E-state index contributed by atoms with van der Waals surface area (Å²) in [6.07, 6.45) is 11.7. The van der Waals surface area contributed by atoms with Crippen LogP contribution in [-0.2, 0) is 0 Å². The van der Waals surface area contributed by atoms with Gasteiger partial charge in [-0.25, -0.2) is 0 Å². The molecule has 0 amide bonds. The fourth-order valence-electron chi connectivity index (χ4n) is 6.22. The van der Waals surface area contributed by atoms with Crippen LogP contribution >= 0.6 is 0 Å². The Kier molecular flexibility index (Phi) is 5.08. The summed E-state index contributed by atoms with van der Waals surface area (Å²) in [5, 5.41) is 5.03. The van der Waals surface area contributed by atoms with E-state index in [1.165, 1.54) is 5.57 Å². The highest BCUT2D eigenvalue weighted by Gasteiger charge is 2.20. The van der Waals surface area contributed by atoms with Gasteiger partial charge in [-0.1, -0.05) is 103 Å². The van der Waals surface area contributed by atoms with Gasteiger partial charge in [-0.2, -0.15) is 0 Å². The predicted octanol–water partition coefficient (Wildman–Crippen LogP) is 9.43. The fourth-order valence-corrected chi connectivity index (χ4v) is 6.22. The average Bonchev–Trinajstić information content (AvgIpc) is 3.14. The van der Waals surface area contributed by atoms with Gasteiger partial charge in [0.2, 0.25) is 0 Å². The van der Waals surface area contributed by atoms with E-state index < -0.39 is 0 Å². The van der Waals surface area contributed by atoms with E-state index >= 15 is 0 Å². The topological polar surface area (TPSA) is 21.5 Å². The SMILES string of the molecule is O=c1c2ccc(-c3ccccc3)cc2c2cc(-c3ccccc3)cc3c4cc(C5=CCC=CC=C5)ccc4n1c23. The van der Waals surface area contributed by atoms with E-state index in [0.29, 0.717) is 0 Å². The molecule has 0 aliphatic heterocycles. The lowest BCUT2D eigenvalue weighted by atomic mass is 9.95. The summed E-state index contributed by atoms with van der Waals surface area (Å²) in [6.45, 7) is 0. The smallest absolute Gasteiger partial charge is 0.263 e.